The molecule has 0 aromatic heterocycles. The van der Waals surface area contributed by atoms with Crippen LogP contribution in [0.1, 0.15) is 31.4 Å². The van der Waals surface area contributed by atoms with Gasteiger partial charge in [0, 0.05) is 12.5 Å². The first-order valence-corrected chi connectivity index (χ1v) is 8.56. The number of alkyl halides is 1. The van der Waals surface area contributed by atoms with E-state index < -0.39 is 5.67 Å². The molecule has 0 saturated heterocycles. The molecule has 130 valence electrons. The van der Waals surface area contributed by atoms with Crippen molar-refractivity contribution in [1.82, 2.24) is 4.90 Å². The van der Waals surface area contributed by atoms with E-state index in [0.717, 1.165) is 5.56 Å². The van der Waals surface area contributed by atoms with Crippen LogP contribution in [0.5, 0.6) is 5.75 Å². The van der Waals surface area contributed by atoms with Gasteiger partial charge in [-0.1, -0.05) is 56.3 Å². The third-order valence-corrected chi connectivity index (χ3v) is 4.50. The predicted molar refractivity (Wildman–Crippen MR) is 98.0 cm³/mol. The smallest absolute Gasteiger partial charge is 0.139 e. The second-order valence-corrected chi connectivity index (χ2v) is 6.68. The zero-order valence-electron chi connectivity index (χ0n) is 15.1. The molecule has 0 saturated carbocycles. The molecule has 0 bridgehead atoms. The van der Waals surface area contributed by atoms with Crippen LogP contribution in [0.15, 0.2) is 54.6 Å². The van der Waals surface area contributed by atoms with Gasteiger partial charge in [0.2, 0.25) is 0 Å². The summed E-state index contributed by atoms with van der Waals surface area (Å²) in [5.41, 5.74) is 0.451. The number of hydrogen-bond acceptors (Lipinski definition) is 2. The number of benzene rings is 2. The van der Waals surface area contributed by atoms with Gasteiger partial charge in [0.1, 0.15) is 18.0 Å². The number of ether oxygens (including phenoxy) is 1. The van der Waals surface area contributed by atoms with Gasteiger partial charge in [-0.3, -0.25) is 0 Å². The minimum absolute atomic E-state index is 0.0955. The van der Waals surface area contributed by atoms with E-state index in [1.165, 1.54) is 0 Å². The third-order valence-electron chi connectivity index (χ3n) is 4.50. The fourth-order valence-corrected chi connectivity index (χ4v) is 3.11. The van der Waals surface area contributed by atoms with Crippen LogP contribution in [0.3, 0.4) is 0 Å². The molecule has 2 aromatic rings. The number of rotatable bonds is 8. The lowest BCUT2D eigenvalue weighted by Crippen LogP contribution is -2.35. The Morgan fingerprint density at radius 2 is 1.79 bits per heavy atom. The zero-order valence-corrected chi connectivity index (χ0v) is 15.1. The molecule has 3 heteroatoms. The molecule has 2 atom stereocenters. The van der Waals surface area contributed by atoms with Crippen molar-refractivity contribution < 1.29 is 9.13 Å². The molecule has 2 rings (SSSR count). The highest BCUT2D eigenvalue weighted by molar-refractivity contribution is 5.33. The summed E-state index contributed by atoms with van der Waals surface area (Å²) in [5, 5.41) is 0. The molecule has 0 aliphatic rings. The van der Waals surface area contributed by atoms with E-state index in [-0.39, 0.29) is 5.92 Å². The van der Waals surface area contributed by atoms with Gasteiger partial charge in [-0.15, -0.1) is 0 Å². The minimum Gasteiger partial charge on any atom is -0.489 e. The topological polar surface area (TPSA) is 12.5 Å². The Bertz CT molecular complexity index is 629. The van der Waals surface area contributed by atoms with Crippen LogP contribution in [0, 0.1) is 5.92 Å². The SMILES string of the molecule is CCC(F)(c1cccc(OCc2ccccc2)c1)C(C)CN(C)C. The van der Waals surface area contributed by atoms with E-state index in [0.29, 0.717) is 30.9 Å². The van der Waals surface area contributed by atoms with Crippen LogP contribution < -0.4 is 4.74 Å². The summed E-state index contributed by atoms with van der Waals surface area (Å²) >= 11 is 0. The van der Waals surface area contributed by atoms with Crippen molar-refractivity contribution in [2.45, 2.75) is 32.5 Å². The fourth-order valence-electron chi connectivity index (χ4n) is 3.11. The molecule has 0 heterocycles. The van der Waals surface area contributed by atoms with Gasteiger partial charge in [-0.05, 0) is 43.8 Å². The maximum absolute atomic E-state index is 15.7. The molecule has 0 aliphatic carbocycles. The van der Waals surface area contributed by atoms with Crippen molar-refractivity contribution in [2.24, 2.45) is 5.92 Å². The first-order chi connectivity index (χ1) is 11.5. The van der Waals surface area contributed by atoms with Crippen molar-refractivity contribution in [1.29, 1.82) is 0 Å². The van der Waals surface area contributed by atoms with Crippen molar-refractivity contribution >= 4 is 0 Å². The Balaban J connectivity index is 2.15. The monoisotopic (exact) mass is 329 g/mol. The Labute approximate surface area is 145 Å². The maximum atomic E-state index is 15.7. The van der Waals surface area contributed by atoms with Gasteiger partial charge < -0.3 is 9.64 Å². The highest BCUT2D eigenvalue weighted by atomic mass is 19.1. The summed E-state index contributed by atoms with van der Waals surface area (Å²) in [6.45, 7) is 5.08. The van der Waals surface area contributed by atoms with E-state index in [9.17, 15) is 0 Å². The number of halogens is 1. The summed E-state index contributed by atoms with van der Waals surface area (Å²) in [6.07, 6.45) is 0.449. The summed E-state index contributed by atoms with van der Waals surface area (Å²) in [7, 11) is 3.96. The number of hydrogen-bond donors (Lipinski definition) is 0. The van der Waals surface area contributed by atoms with Gasteiger partial charge in [0.25, 0.3) is 0 Å². The van der Waals surface area contributed by atoms with Gasteiger partial charge in [-0.2, -0.15) is 0 Å². The highest BCUT2D eigenvalue weighted by Gasteiger charge is 2.36. The average molecular weight is 329 g/mol. The Morgan fingerprint density at radius 3 is 2.42 bits per heavy atom. The lowest BCUT2D eigenvalue weighted by molar-refractivity contribution is 0.0657. The lowest BCUT2D eigenvalue weighted by atomic mass is 9.81. The second-order valence-electron chi connectivity index (χ2n) is 6.68. The van der Waals surface area contributed by atoms with Crippen LogP contribution >= 0.6 is 0 Å². The van der Waals surface area contributed by atoms with Crippen LogP contribution in [0.4, 0.5) is 4.39 Å². The molecule has 2 nitrogen and oxygen atoms in total. The standard InChI is InChI=1S/C21H28FNO/c1-5-21(22,17(2)15-23(3)4)19-12-9-13-20(14-19)24-16-18-10-7-6-8-11-18/h6-14,17H,5,15-16H2,1-4H3. The third kappa shape index (κ3) is 4.57. The van der Waals surface area contributed by atoms with Gasteiger partial charge in [0.15, 0.2) is 0 Å². The Hall–Kier alpha value is -1.87. The molecule has 0 amide bonds. The van der Waals surface area contributed by atoms with Crippen molar-refractivity contribution in [2.75, 3.05) is 20.6 Å². The molecule has 0 spiro atoms. The van der Waals surface area contributed by atoms with E-state index in [4.69, 9.17) is 4.74 Å². The highest BCUT2D eigenvalue weighted by Crippen LogP contribution is 2.39. The van der Waals surface area contributed by atoms with Crippen LogP contribution in [0.25, 0.3) is 0 Å². The minimum atomic E-state index is -1.35. The zero-order chi connectivity index (χ0) is 17.6. The largest absolute Gasteiger partial charge is 0.489 e. The summed E-state index contributed by atoms with van der Waals surface area (Å²) in [5.74, 6) is 0.616. The molecule has 0 fully saturated rings. The Morgan fingerprint density at radius 1 is 1.08 bits per heavy atom. The summed E-state index contributed by atoms with van der Waals surface area (Å²) in [6, 6.07) is 17.5. The van der Waals surface area contributed by atoms with E-state index in [1.54, 1.807) is 0 Å². The first-order valence-electron chi connectivity index (χ1n) is 8.56. The lowest BCUT2D eigenvalue weighted by Gasteiger charge is -2.33. The van der Waals surface area contributed by atoms with Crippen LogP contribution in [-0.4, -0.2) is 25.5 Å². The molecule has 24 heavy (non-hydrogen) atoms. The van der Waals surface area contributed by atoms with E-state index >= 15 is 4.39 Å². The predicted octanol–water partition coefficient (Wildman–Crippen LogP) is 5.04. The van der Waals surface area contributed by atoms with Crippen LogP contribution in [0.2, 0.25) is 0 Å². The van der Waals surface area contributed by atoms with E-state index in [1.807, 2.05) is 87.4 Å². The normalized spacial score (nSPS) is 15.1. The summed E-state index contributed by atoms with van der Waals surface area (Å²) in [4.78, 5) is 2.03. The van der Waals surface area contributed by atoms with Gasteiger partial charge in [0.05, 0.1) is 0 Å². The van der Waals surface area contributed by atoms with E-state index in [2.05, 4.69) is 0 Å². The molecule has 2 unspecified atom stereocenters. The van der Waals surface area contributed by atoms with Crippen molar-refractivity contribution in [3.8, 4) is 5.75 Å². The fraction of sp³-hybridized carbons (Fsp3) is 0.429. The number of nitrogens with zero attached hydrogens (tertiary/aromatic N) is 1. The second kappa shape index (κ2) is 8.29. The molecular weight excluding hydrogens is 301 g/mol. The van der Waals surface area contributed by atoms with Crippen molar-refractivity contribution in [3.05, 3.63) is 65.7 Å². The molecule has 0 aliphatic heterocycles. The Kier molecular flexibility index (Phi) is 6.38. The van der Waals surface area contributed by atoms with Gasteiger partial charge >= 0.3 is 0 Å². The summed E-state index contributed by atoms with van der Waals surface area (Å²) < 4.78 is 21.5. The molecule has 0 radical (unpaired) electrons. The van der Waals surface area contributed by atoms with Crippen LogP contribution in [-0.2, 0) is 12.3 Å². The first kappa shape index (κ1) is 18.5. The quantitative estimate of drug-likeness (QED) is 0.673. The average Bonchev–Trinajstić information content (AvgIpc) is 2.59. The van der Waals surface area contributed by atoms with Crippen molar-refractivity contribution in [3.63, 3.8) is 0 Å². The molecule has 0 N–H and O–H groups in total. The van der Waals surface area contributed by atoms with Gasteiger partial charge in [-0.25, -0.2) is 4.39 Å². The molecular formula is C21H28FNO. The maximum Gasteiger partial charge on any atom is 0.139 e. The molecule has 2 aromatic carbocycles.